The summed E-state index contributed by atoms with van der Waals surface area (Å²) in [6, 6.07) is 0. The molecule has 0 spiro atoms. The van der Waals surface area contributed by atoms with Gasteiger partial charge < -0.3 is 10.6 Å². The molecule has 0 atom stereocenters. The van der Waals surface area contributed by atoms with Gasteiger partial charge in [-0.25, -0.2) is 9.97 Å². The minimum absolute atomic E-state index is 0.636. The molecule has 0 radical (unpaired) electrons. The van der Waals surface area contributed by atoms with E-state index in [1.807, 2.05) is 7.05 Å². The van der Waals surface area contributed by atoms with Crippen LogP contribution in [0.4, 0.5) is 5.95 Å². The first-order valence-electron chi connectivity index (χ1n) is 8.57. The van der Waals surface area contributed by atoms with Crippen LogP contribution >= 0.6 is 0 Å². The van der Waals surface area contributed by atoms with Gasteiger partial charge in [-0.15, -0.1) is 0 Å². The topological polar surface area (TPSA) is 55.0 Å². The van der Waals surface area contributed by atoms with Crippen LogP contribution in [0.2, 0.25) is 0 Å². The Balaban J connectivity index is 2.09. The Morgan fingerprint density at radius 2 is 1.62 bits per heavy atom. The van der Waals surface area contributed by atoms with Crippen LogP contribution in [0, 0.1) is 0 Å². The Morgan fingerprint density at radius 3 is 2.29 bits per heavy atom. The van der Waals surface area contributed by atoms with Gasteiger partial charge in [0, 0.05) is 32.0 Å². The lowest BCUT2D eigenvalue weighted by atomic mass is 9.99. The number of aryl methyl sites for hydroxylation is 2. The molecule has 4 nitrogen and oxygen atoms in total. The lowest BCUT2D eigenvalue weighted by molar-refractivity contribution is 0.556. The number of hydrogen-bond acceptors (Lipinski definition) is 4. The number of rotatable bonds is 3. The minimum atomic E-state index is 0.636. The molecule has 0 aliphatic heterocycles. The van der Waals surface area contributed by atoms with Gasteiger partial charge in [-0.05, 0) is 31.2 Å². The number of aromatic nitrogens is 2. The zero-order valence-electron chi connectivity index (χ0n) is 13.5. The first-order valence-corrected chi connectivity index (χ1v) is 8.57. The summed E-state index contributed by atoms with van der Waals surface area (Å²) in [5, 5.41) is 0. The number of hydrogen-bond donors (Lipinski definition) is 1. The summed E-state index contributed by atoms with van der Waals surface area (Å²) in [4.78, 5) is 11.4. The fourth-order valence-corrected chi connectivity index (χ4v) is 3.00. The molecule has 1 aliphatic rings. The fourth-order valence-electron chi connectivity index (χ4n) is 3.00. The highest BCUT2D eigenvalue weighted by Crippen LogP contribution is 2.19. The Bertz CT molecular complexity index is 419. The molecule has 1 aromatic heterocycles. The maximum Gasteiger partial charge on any atom is 0.225 e. The number of nitrogens with two attached hydrogens (primary N) is 1. The van der Waals surface area contributed by atoms with Gasteiger partial charge in [0.15, 0.2) is 0 Å². The van der Waals surface area contributed by atoms with E-state index < -0.39 is 0 Å². The third kappa shape index (κ3) is 5.27. The van der Waals surface area contributed by atoms with Gasteiger partial charge in [-0.2, -0.15) is 0 Å². The molecule has 118 valence electrons. The van der Waals surface area contributed by atoms with Gasteiger partial charge >= 0.3 is 0 Å². The normalized spacial score (nSPS) is 17.4. The molecule has 0 saturated heterocycles. The maximum atomic E-state index is 5.62. The summed E-state index contributed by atoms with van der Waals surface area (Å²) in [5.74, 6) is 0.825. The van der Waals surface area contributed by atoms with Crippen molar-refractivity contribution in [3.05, 3.63) is 17.5 Å². The van der Waals surface area contributed by atoms with Gasteiger partial charge in [-0.1, -0.05) is 38.5 Å². The molecule has 0 bridgehead atoms. The lowest BCUT2D eigenvalue weighted by Gasteiger charge is -2.18. The second-order valence-electron chi connectivity index (χ2n) is 6.18. The van der Waals surface area contributed by atoms with Crippen LogP contribution in [0.3, 0.4) is 0 Å². The van der Waals surface area contributed by atoms with Crippen LogP contribution < -0.4 is 10.6 Å². The van der Waals surface area contributed by atoms with Gasteiger partial charge in [0.2, 0.25) is 5.95 Å². The Labute approximate surface area is 129 Å². The van der Waals surface area contributed by atoms with Crippen molar-refractivity contribution in [2.24, 2.45) is 5.73 Å². The van der Waals surface area contributed by atoms with Crippen LogP contribution in [-0.4, -0.2) is 30.1 Å². The van der Waals surface area contributed by atoms with Crippen molar-refractivity contribution in [3.63, 3.8) is 0 Å². The number of nitrogens with zero attached hydrogens (tertiary/aromatic N) is 3. The highest BCUT2D eigenvalue weighted by Gasteiger charge is 2.10. The third-order valence-corrected chi connectivity index (χ3v) is 4.36. The van der Waals surface area contributed by atoms with Gasteiger partial charge in [0.1, 0.15) is 0 Å². The van der Waals surface area contributed by atoms with E-state index in [4.69, 9.17) is 10.7 Å². The second-order valence-corrected chi connectivity index (χ2v) is 6.18. The summed E-state index contributed by atoms with van der Waals surface area (Å²) < 4.78 is 0. The average molecular weight is 290 g/mol. The predicted molar refractivity (Wildman–Crippen MR) is 88.7 cm³/mol. The summed E-state index contributed by atoms with van der Waals surface area (Å²) in [6.45, 7) is 1.44. The average Bonchev–Trinajstić information content (AvgIpc) is 2.48. The van der Waals surface area contributed by atoms with Crippen molar-refractivity contribution >= 4 is 5.95 Å². The van der Waals surface area contributed by atoms with E-state index in [9.17, 15) is 0 Å². The highest BCUT2D eigenvalue weighted by molar-refractivity contribution is 5.32. The zero-order chi connectivity index (χ0) is 14.9. The monoisotopic (exact) mass is 290 g/mol. The minimum Gasteiger partial charge on any atom is -0.343 e. The van der Waals surface area contributed by atoms with Gasteiger partial charge in [0.05, 0.1) is 0 Å². The molecule has 0 unspecified atom stereocenters. The molecule has 0 amide bonds. The molecule has 1 heterocycles. The van der Waals surface area contributed by atoms with E-state index in [0.29, 0.717) is 6.54 Å². The van der Waals surface area contributed by atoms with E-state index >= 15 is 0 Å². The summed E-state index contributed by atoms with van der Waals surface area (Å²) in [6.07, 6.45) is 15.1. The molecule has 21 heavy (non-hydrogen) atoms. The van der Waals surface area contributed by atoms with Crippen LogP contribution in [0.1, 0.15) is 62.6 Å². The van der Waals surface area contributed by atoms with E-state index in [0.717, 1.165) is 25.3 Å². The molecule has 1 aliphatic carbocycles. The highest BCUT2D eigenvalue weighted by atomic mass is 15.2. The molecule has 2 rings (SSSR count). The number of likely N-dealkylation sites (N-methyl/N-ethyl adjacent to an activating group) is 1. The lowest BCUT2D eigenvalue weighted by Crippen LogP contribution is -2.27. The predicted octanol–water partition coefficient (Wildman–Crippen LogP) is 3.09. The number of anilines is 1. The van der Waals surface area contributed by atoms with Crippen LogP contribution in [0.15, 0.2) is 6.20 Å². The molecule has 0 aromatic carbocycles. The fraction of sp³-hybridized carbons (Fsp3) is 0.765. The Hall–Kier alpha value is -1.16. The van der Waals surface area contributed by atoms with Gasteiger partial charge in [-0.3, -0.25) is 0 Å². The van der Waals surface area contributed by atoms with Gasteiger partial charge in [0.25, 0.3) is 0 Å². The Morgan fingerprint density at radius 1 is 1.00 bits per heavy atom. The van der Waals surface area contributed by atoms with Crippen molar-refractivity contribution in [1.29, 1.82) is 0 Å². The molecule has 4 heteroatoms. The Kier molecular flexibility index (Phi) is 6.93. The zero-order valence-corrected chi connectivity index (χ0v) is 13.5. The third-order valence-electron chi connectivity index (χ3n) is 4.36. The molecular weight excluding hydrogens is 260 g/mol. The van der Waals surface area contributed by atoms with Crippen molar-refractivity contribution in [3.8, 4) is 0 Å². The number of fused-ring (bicyclic) bond motifs is 1. The van der Waals surface area contributed by atoms with Crippen LogP contribution in [0.25, 0.3) is 0 Å². The second kappa shape index (κ2) is 8.98. The smallest absolute Gasteiger partial charge is 0.225 e. The van der Waals surface area contributed by atoms with Crippen LogP contribution in [-0.2, 0) is 12.8 Å². The van der Waals surface area contributed by atoms with E-state index in [-0.39, 0.29) is 0 Å². The van der Waals surface area contributed by atoms with Crippen molar-refractivity contribution in [1.82, 2.24) is 9.97 Å². The van der Waals surface area contributed by atoms with Crippen molar-refractivity contribution in [2.75, 3.05) is 25.0 Å². The maximum absolute atomic E-state index is 5.62. The van der Waals surface area contributed by atoms with Crippen LogP contribution in [0.5, 0.6) is 0 Å². The molecule has 1 aromatic rings. The first-order chi connectivity index (χ1) is 10.3. The molecular formula is C17H30N4. The van der Waals surface area contributed by atoms with Crippen molar-refractivity contribution in [2.45, 2.75) is 64.2 Å². The summed E-state index contributed by atoms with van der Waals surface area (Å²) in [7, 11) is 2.02. The quantitative estimate of drug-likeness (QED) is 0.929. The van der Waals surface area contributed by atoms with Crippen molar-refractivity contribution < 1.29 is 0 Å². The summed E-state index contributed by atoms with van der Waals surface area (Å²) >= 11 is 0. The molecule has 0 fully saturated rings. The van der Waals surface area contributed by atoms with E-state index in [1.54, 1.807) is 0 Å². The van der Waals surface area contributed by atoms with E-state index in [1.165, 1.54) is 62.6 Å². The SMILES string of the molecule is CN(CCN)c1ncc2c(n1)CCCCCCCCCC2. The molecule has 0 saturated carbocycles. The standard InChI is InChI=1S/C17H30N4/c1-21(13-12-18)17-19-14-15-10-8-6-4-2-3-5-7-9-11-16(15)20-17/h14H,2-13,18H2,1H3. The first kappa shape index (κ1) is 16.2. The van der Waals surface area contributed by atoms with E-state index in [2.05, 4.69) is 16.1 Å². The molecule has 2 N–H and O–H groups in total. The largest absolute Gasteiger partial charge is 0.343 e. The summed E-state index contributed by atoms with van der Waals surface area (Å²) in [5.41, 5.74) is 8.25.